The highest BCUT2D eigenvalue weighted by molar-refractivity contribution is 5.95. The van der Waals surface area contributed by atoms with Gasteiger partial charge in [-0.3, -0.25) is 4.79 Å². The van der Waals surface area contributed by atoms with E-state index in [1.54, 1.807) is 0 Å². The minimum absolute atomic E-state index is 0.264. The summed E-state index contributed by atoms with van der Waals surface area (Å²) in [6, 6.07) is 10.7. The number of aromatic nitrogens is 1. The molecule has 4 nitrogen and oxygen atoms in total. The molecule has 0 bridgehead atoms. The fourth-order valence-corrected chi connectivity index (χ4v) is 3.19. The molecule has 1 heterocycles. The van der Waals surface area contributed by atoms with E-state index in [1.165, 1.54) is 5.69 Å². The zero-order valence-electron chi connectivity index (χ0n) is 14.8. The van der Waals surface area contributed by atoms with Crippen molar-refractivity contribution >= 4 is 11.6 Å². The standard InChI is InChI=1S/C19H27N3O/c1-6-21(7-2)16-10-8-15(9-11-16)18-12-17(19(20)23)14(5)22(18)13(3)4/h8-13H,6-7H2,1-5H3,(H2,20,23). The first kappa shape index (κ1) is 17.1. The van der Waals surface area contributed by atoms with Crippen LogP contribution in [0.4, 0.5) is 5.69 Å². The van der Waals surface area contributed by atoms with Crippen molar-refractivity contribution in [1.82, 2.24) is 4.57 Å². The first-order valence-electron chi connectivity index (χ1n) is 8.27. The van der Waals surface area contributed by atoms with Gasteiger partial charge in [0.1, 0.15) is 0 Å². The lowest BCUT2D eigenvalue weighted by Gasteiger charge is -2.21. The number of carbonyl (C=O) groups excluding carboxylic acids is 1. The predicted molar refractivity (Wildman–Crippen MR) is 97.1 cm³/mol. The van der Waals surface area contributed by atoms with Crippen LogP contribution in [0.15, 0.2) is 30.3 Å². The molecule has 2 N–H and O–H groups in total. The normalized spacial score (nSPS) is 11.0. The Hall–Kier alpha value is -2.23. The van der Waals surface area contributed by atoms with Crippen LogP contribution in [0.1, 0.15) is 49.8 Å². The number of hydrogen-bond donors (Lipinski definition) is 1. The van der Waals surface area contributed by atoms with Crippen molar-refractivity contribution in [3.63, 3.8) is 0 Å². The molecule has 0 spiro atoms. The summed E-state index contributed by atoms with van der Waals surface area (Å²) < 4.78 is 2.17. The van der Waals surface area contributed by atoms with Crippen molar-refractivity contribution in [2.45, 2.75) is 40.7 Å². The van der Waals surface area contributed by atoms with E-state index in [4.69, 9.17) is 5.73 Å². The fourth-order valence-electron chi connectivity index (χ4n) is 3.19. The molecule has 23 heavy (non-hydrogen) atoms. The van der Waals surface area contributed by atoms with Gasteiger partial charge < -0.3 is 15.2 Å². The van der Waals surface area contributed by atoms with Crippen molar-refractivity contribution < 1.29 is 4.79 Å². The predicted octanol–water partition coefficient (Wildman–Crippen LogP) is 3.99. The highest BCUT2D eigenvalue weighted by Gasteiger charge is 2.18. The summed E-state index contributed by atoms with van der Waals surface area (Å²) in [6.07, 6.45) is 0. The molecular formula is C19H27N3O. The van der Waals surface area contributed by atoms with Gasteiger partial charge in [0.2, 0.25) is 0 Å². The topological polar surface area (TPSA) is 51.3 Å². The average molecular weight is 313 g/mol. The zero-order valence-corrected chi connectivity index (χ0v) is 14.8. The highest BCUT2D eigenvalue weighted by Crippen LogP contribution is 2.30. The summed E-state index contributed by atoms with van der Waals surface area (Å²) in [5, 5.41) is 0. The van der Waals surface area contributed by atoms with Gasteiger partial charge in [0.15, 0.2) is 0 Å². The van der Waals surface area contributed by atoms with E-state index in [0.717, 1.165) is 30.0 Å². The number of hydrogen-bond acceptors (Lipinski definition) is 2. The first-order valence-corrected chi connectivity index (χ1v) is 8.27. The number of nitrogens with zero attached hydrogens (tertiary/aromatic N) is 2. The third-order valence-electron chi connectivity index (χ3n) is 4.37. The largest absolute Gasteiger partial charge is 0.372 e. The second kappa shape index (κ2) is 6.90. The fraction of sp³-hybridized carbons (Fsp3) is 0.421. The highest BCUT2D eigenvalue weighted by atomic mass is 16.1. The van der Waals surface area contributed by atoms with Gasteiger partial charge in [-0.1, -0.05) is 12.1 Å². The van der Waals surface area contributed by atoms with Gasteiger partial charge in [0.25, 0.3) is 5.91 Å². The van der Waals surface area contributed by atoms with E-state index < -0.39 is 0 Å². The molecule has 0 aliphatic rings. The molecule has 0 fully saturated rings. The van der Waals surface area contributed by atoms with Crippen LogP contribution in [0.5, 0.6) is 0 Å². The minimum atomic E-state index is -0.372. The molecule has 1 amide bonds. The van der Waals surface area contributed by atoms with E-state index in [2.05, 4.69) is 61.4 Å². The number of amides is 1. The van der Waals surface area contributed by atoms with E-state index in [1.807, 2.05) is 13.0 Å². The van der Waals surface area contributed by atoms with Gasteiger partial charge in [-0.25, -0.2) is 0 Å². The summed E-state index contributed by atoms with van der Waals surface area (Å²) in [6.45, 7) is 12.5. The Kier molecular flexibility index (Phi) is 5.14. The zero-order chi connectivity index (χ0) is 17.1. The Bertz CT molecular complexity index is 679. The van der Waals surface area contributed by atoms with Crippen LogP contribution in [0.25, 0.3) is 11.3 Å². The van der Waals surface area contributed by atoms with E-state index in [9.17, 15) is 4.79 Å². The van der Waals surface area contributed by atoms with Crippen LogP contribution < -0.4 is 10.6 Å². The van der Waals surface area contributed by atoms with Gasteiger partial charge >= 0.3 is 0 Å². The molecular weight excluding hydrogens is 286 g/mol. The van der Waals surface area contributed by atoms with Gasteiger partial charge in [-0.05, 0) is 58.4 Å². The van der Waals surface area contributed by atoms with Crippen LogP contribution in [-0.2, 0) is 0 Å². The summed E-state index contributed by atoms with van der Waals surface area (Å²) in [5.41, 5.74) is 10.4. The molecule has 0 radical (unpaired) electrons. The van der Waals surface area contributed by atoms with E-state index in [-0.39, 0.29) is 11.9 Å². The maximum absolute atomic E-state index is 11.7. The number of rotatable bonds is 6. The van der Waals surface area contributed by atoms with Crippen molar-refractivity contribution in [3.05, 3.63) is 41.6 Å². The van der Waals surface area contributed by atoms with Crippen molar-refractivity contribution in [2.24, 2.45) is 5.73 Å². The number of carbonyl (C=O) groups is 1. The second-order valence-corrected chi connectivity index (χ2v) is 6.08. The third kappa shape index (κ3) is 3.26. The Labute approximate surface area is 138 Å². The monoisotopic (exact) mass is 313 g/mol. The van der Waals surface area contributed by atoms with Gasteiger partial charge in [-0.15, -0.1) is 0 Å². The molecule has 4 heteroatoms. The van der Waals surface area contributed by atoms with Crippen molar-refractivity contribution in [3.8, 4) is 11.3 Å². The second-order valence-electron chi connectivity index (χ2n) is 6.08. The molecule has 0 saturated carbocycles. The summed E-state index contributed by atoms with van der Waals surface area (Å²) in [4.78, 5) is 14.0. The smallest absolute Gasteiger partial charge is 0.250 e. The average Bonchev–Trinajstić information content (AvgIpc) is 2.87. The van der Waals surface area contributed by atoms with Crippen LogP contribution >= 0.6 is 0 Å². The molecule has 0 saturated heterocycles. The summed E-state index contributed by atoms with van der Waals surface area (Å²) in [7, 11) is 0. The molecule has 0 aliphatic carbocycles. The first-order chi connectivity index (χ1) is 10.9. The lowest BCUT2D eigenvalue weighted by Crippen LogP contribution is -2.21. The number of anilines is 1. The van der Waals surface area contributed by atoms with E-state index in [0.29, 0.717) is 5.56 Å². The Morgan fingerprint density at radius 2 is 1.74 bits per heavy atom. The van der Waals surface area contributed by atoms with Crippen LogP contribution in [0, 0.1) is 6.92 Å². The molecule has 0 unspecified atom stereocenters. The molecule has 124 valence electrons. The molecule has 1 aromatic carbocycles. The molecule has 1 aromatic heterocycles. The summed E-state index contributed by atoms with van der Waals surface area (Å²) >= 11 is 0. The maximum Gasteiger partial charge on any atom is 0.250 e. The molecule has 0 atom stereocenters. The molecule has 2 rings (SSSR count). The quantitative estimate of drug-likeness (QED) is 0.876. The SMILES string of the molecule is CCN(CC)c1ccc(-c2cc(C(N)=O)c(C)n2C(C)C)cc1. The summed E-state index contributed by atoms with van der Waals surface area (Å²) in [5.74, 6) is -0.372. The van der Waals surface area contributed by atoms with Crippen LogP contribution in [0.2, 0.25) is 0 Å². The van der Waals surface area contributed by atoms with E-state index >= 15 is 0 Å². The van der Waals surface area contributed by atoms with Gasteiger partial charge in [0, 0.05) is 36.2 Å². The van der Waals surface area contributed by atoms with Gasteiger partial charge in [-0.2, -0.15) is 0 Å². The van der Waals surface area contributed by atoms with Gasteiger partial charge in [0.05, 0.1) is 5.56 Å². The van der Waals surface area contributed by atoms with Crippen LogP contribution in [0.3, 0.4) is 0 Å². The maximum atomic E-state index is 11.7. The van der Waals surface area contributed by atoms with Crippen molar-refractivity contribution in [2.75, 3.05) is 18.0 Å². The number of benzene rings is 1. The lowest BCUT2D eigenvalue weighted by atomic mass is 10.1. The Balaban J connectivity index is 2.49. The van der Waals surface area contributed by atoms with Crippen LogP contribution in [-0.4, -0.2) is 23.6 Å². The van der Waals surface area contributed by atoms with Crippen molar-refractivity contribution in [1.29, 1.82) is 0 Å². The Morgan fingerprint density at radius 1 is 1.17 bits per heavy atom. The third-order valence-corrected chi connectivity index (χ3v) is 4.37. The number of primary amides is 1. The molecule has 2 aromatic rings. The number of nitrogens with two attached hydrogens (primary N) is 1. The Morgan fingerprint density at radius 3 is 2.17 bits per heavy atom. The lowest BCUT2D eigenvalue weighted by molar-refractivity contribution is 0.0999. The molecule has 0 aliphatic heterocycles. The minimum Gasteiger partial charge on any atom is -0.372 e.